The zero-order chi connectivity index (χ0) is 22.5. The van der Waals surface area contributed by atoms with Gasteiger partial charge < -0.3 is 15.3 Å². The zero-order valence-corrected chi connectivity index (χ0v) is 17.5. The molecule has 0 radical (unpaired) electrons. The summed E-state index contributed by atoms with van der Waals surface area (Å²) in [6.45, 7) is 3.61. The highest BCUT2D eigenvalue weighted by Gasteiger charge is 2.21. The number of anilines is 2. The lowest BCUT2D eigenvalue weighted by Gasteiger charge is -2.37. The van der Waals surface area contributed by atoms with Crippen LogP contribution in [0.1, 0.15) is 26.3 Å². The molecule has 0 spiro atoms. The van der Waals surface area contributed by atoms with Gasteiger partial charge >= 0.3 is 5.97 Å². The Morgan fingerprint density at radius 1 is 0.875 bits per heavy atom. The van der Waals surface area contributed by atoms with Crippen molar-refractivity contribution in [3.63, 3.8) is 0 Å². The maximum absolute atomic E-state index is 13.5. The van der Waals surface area contributed by atoms with Gasteiger partial charge in [-0.1, -0.05) is 30.3 Å². The van der Waals surface area contributed by atoms with Gasteiger partial charge in [0, 0.05) is 38.3 Å². The van der Waals surface area contributed by atoms with E-state index in [4.69, 9.17) is 0 Å². The summed E-state index contributed by atoms with van der Waals surface area (Å²) in [7, 11) is 0. The van der Waals surface area contributed by atoms with Crippen LogP contribution in [-0.2, 0) is 6.54 Å². The van der Waals surface area contributed by atoms with E-state index in [-0.39, 0.29) is 17.3 Å². The highest BCUT2D eigenvalue weighted by Crippen LogP contribution is 2.29. The third-order valence-corrected chi connectivity index (χ3v) is 5.54. The number of carboxylic acid groups (broad SMARTS) is 1. The Kier molecular flexibility index (Phi) is 6.47. The number of aromatic carboxylic acids is 1. The highest BCUT2D eigenvalue weighted by molar-refractivity contribution is 6.06. The summed E-state index contributed by atoms with van der Waals surface area (Å²) in [6.07, 6.45) is 0. The predicted molar refractivity (Wildman–Crippen MR) is 122 cm³/mol. The lowest BCUT2D eigenvalue weighted by atomic mass is 10.1. The second kappa shape index (κ2) is 9.62. The van der Waals surface area contributed by atoms with Crippen LogP contribution in [0.25, 0.3) is 0 Å². The van der Waals surface area contributed by atoms with E-state index in [1.807, 2.05) is 12.1 Å². The van der Waals surface area contributed by atoms with Crippen molar-refractivity contribution in [2.75, 3.05) is 36.4 Å². The molecule has 164 valence electrons. The number of carbonyl (C=O) groups excluding carboxylic acids is 1. The number of hydrogen-bond acceptors (Lipinski definition) is 4. The molecule has 0 bridgehead atoms. The van der Waals surface area contributed by atoms with Crippen molar-refractivity contribution in [3.8, 4) is 0 Å². The summed E-state index contributed by atoms with van der Waals surface area (Å²) in [5, 5.41) is 12.3. The van der Waals surface area contributed by atoms with Crippen LogP contribution in [0.15, 0.2) is 72.8 Å². The van der Waals surface area contributed by atoms with E-state index >= 15 is 0 Å². The van der Waals surface area contributed by atoms with Gasteiger partial charge in [0.15, 0.2) is 0 Å². The van der Waals surface area contributed by atoms with Crippen molar-refractivity contribution in [2.45, 2.75) is 6.54 Å². The number of carbonyl (C=O) groups is 2. The lowest BCUT2D eigenvalue weighted by molar-refractivity contribution is 0.0696. The van der Waals surface area contributed by atoms with Gasteiger partial charge in [0.1, 0.15) is 5.82 Å². The second-order valence-corrected chi connectivity index (χ2v) is 7.75. The maximum Gasteiger partial charge on any atom is 0.335 e. The quantitative estimate of drug-likeness (QED) is 0.612. The van der Waals surface area contributed by atoms with Gasteiger partial charge in [-0.2, -0.15) is 0 Å². The molecule has 0 atom stereocenters. The Labute approximate surface area is 185 Å². The number of rotatable bonds is 6. The van der Waals surface area contributed by atoms with E-state index in [0.717, 1.165) is 24.3 Å². The van der Waals surface area contributed by atoms with Crippen LogP contribution < -0.4 is 10.2 Å². The van der Waals surface area contributed by atoms with Gasteiger partial charge in [-0.15, -0.1) is 0 Å². The van der Waals surface area contributed by atoms with Crippen LogP contribution >= 0.6 is 0 Å². The molecule has 0 aliphatic carbocycles. The number of amides is 1. The van der Waals surface area contributed by atoms with Crippen molar-refractivity contribution < 1.29 is 19.1 Å². The molecule has 2 N–H and O–H groups in total. The molecule has 7 heteroatoms. The molecule has 1 amide bonds. The van der Waals surface area contributed by atoms with Gasteiger partial charge in [-0.25, -0.2) is 9.18 Å². The number of carboxylic acids is 1. The molecule has 6 nitrogen and oxygen atoms in total. The lowest BCUT2D eigenvalue weighted by Crippen LogP contribution is -2.46. The average molecular weight is 433 g/mol. The van der Waals surface area contributed by atoms with Crippen molar-refractivity contribution in [1.82, 2.24) is 4.90 Å². The van der Waals surface area contributed by atoms with E-state index < -0.39 is 5.97 Å². The standard InChI is InChI=1S/C25H24FN3O3/c26-21-8-4-5-18(15-21)17-28-11-13-29(14-12-28)23-10-9-20(25(31)32)16-22(23)27-24(30)19-6-2-1-3-7-19/h1-10,15-16H,11-14,17H2,(H,27,30)(H,31,32). The monoisotopic (exact) mass is 433 g/mol. The zero-order valence-electron chi connectivity index (χ0n) is 17.5. The number of hydrogen-bond donors (Lipinski definition) is 2. The summed E-state index contributed by atoms with van der Waals surface area (Å²) in [4.78, 5) is 28.6. The molecular formula is C25H24FN3O3. The largest absolute Gasteiger partial charge is 0.478 e. The fraction of sp³-hybridized carbons (Fsp3) is 0.200. The van der Waals surface area contributed by atoms with E-state index in [2.05, 4.69) is 15.1 Å². The van der Waals surface area contributed by atoms with Crippen molar-refractivity contribution in [1.29, 1.82) is 0 Å². The molecular weight excluding hydrogens is 409 g/mol. The Hall–Kier alpha value is -3.71. The molecule has 1 saturated heterocycles. The van der Waals surface area contributed by atoms with E-state index in [0.29, 0.717) is 30.9 Å². The molecule has 3 aromatic carbocycles. The van der Waals surface area contributed by atoms with E-state index in [9.17, 15) is 19.1 Å². The summed E-state index contributed by atoms with van der Waals surface area (Å²) in [6, 6.07) is 20.2. The third-order valence-electron chi connectivity index (χ3n) is 5.54. The van der Waals surface area contributed by atoms with E-state index in [1.165, 1.54) is 12.1 Å². The second-order valence-electron chi connectivity index (χ2n) is 7.75. The SMILES string of the molecule is O=C(O)c1ccc(N2CCN(Cc3cccc(F)c3)CC2)c(NC(=O)c2ccccc2)c1. The average Bonchev–Trinajstić information content (AvgIpc) is 2.80. The number of benzene rings is 3. The first-order valence-electron chi connectivity index (χ1n) is 10.4. The Morgan fingerprint density at radius 3 is 2.31 bits per heavy atom. The fourth-order valence-electron chi connectivity index (χ4n) is 3.87. The van der Waals surface area contributed by atoms with Gasteiger partial charge in [0.05, 0.1) is 16.9 Å². The van der Waals surface area contributed by atoms with Gasteiger partial charge in [0.25, 0.3) is 5.91 Å². The smallest absolute Gasteiger partial charge is 0.335 e. The van der Waals surface area contributed by atoms with Crippen LogP contribution in [0.2, 0.25) is 0 Å². The van der Waals surface area contributed by atoms with Crippen molar-refractivity contribution in [3.05, 3.63) is 95.3 Å². The van der Waals surface area contributed by atoms with Crippen LogP contribution in [0.5, 0.6) is 0 Å². The number of piperazine rings is 1. The minimum absolute atomic E-state index is 0.113. The molecule has 4 rings (SSSR count). The Balaban J connectivity index is 1.49. The van der Waals surface area contributed by atoms with Crippen molar-refractivity contribution >= 4 is 23.3 Å². The minimum atomic E-state index is -1.05. The molecule has 3 aromatic rings. The van der Waals surface area contributed by atoms with Crippen LogP contribution in [-0.4, -0.2) is 48.1 Å². The van der Waals surface area contributed by atoms with Gasteiger partial charge in [-0.3, -0.25) is 9.69 Å². The Bertz CT molecular complexity index is 1110. The first-order valence-corrected chi connectivity index (χ1v) is 10.4. The maximum atomic E-state index is 13.5. The Morgan fingerprint density at radius 2 is 1.62 bits per heavy atom. The highest BCUT2D eigenvalue weighted by atomic mass is 19.1. The van der Waals surface area contributed by atoms with Crippen LogP contribution in [0, 0.1) is 5.82 Å². The third kappa shape index (κ3) is 5.12. The van der Waals surface area contributed by atoms with Crippen LogP contribution in [0.4, 0.5) is 15.8 Å². The first-order chi connectivity index (χ1) is 15.5. The van der Waals surface area contributed by atoms with E-state index in [1.54, 1.807) is 48.5 Å². The molecule has 32 heavy (non-hydrogen) atoms. The number of halogens is 1. The summed E-state index contributed by atoms with van der Waals surface area (Å²) in [5.41, 5.74) is 2.79. The van der Waals surface area contributed by atoms with Crippen molar-refractivity contribution in [2.24, 2.45) is 0 Å². The number of nitrogens with one attached hydrogen (secondary N) is 1. The number of nitrogens with zero attached hydrogens (tertiary/aromatic N) is 2. The van der Waals surface area contributed by atoms with Gasteiger partial charge in [-0.05, 0) is 48.0 Å². The molecule has 0 unspecified atom stereocenters. The van der Waals surface area contributed by atoms with Gasteiger partial charge in [0.2, 0.25) is 0 Å². The summed E-state index contributed by atoms with van der Waals surface area (Å²) >= 11 is 0. The van der Waals surface area contributed by atoms with Crippen LogP contribution in [0.3, 0.4) is 0 Å². The molecule has 1 aliphatic heterocycles. The normalized spacial score (nSPS) is 14.2. The molecule has 1 fully saturated rings. The minimum Gasteiger partial charge on any atom is -0.478 e. The molecule has 0 saturated carbocycles. The summed E-state index contributed by atoms with van der Waals surface area (Å²) in [5.74, 6) is -1.58. The predicted octanol–water partition coefficient (Wildman–Crippen LogP) is 4.10. The molecule has 1 heterocycles. The molecule has 1 aliphatic rings. The first kappa shape index (κ1) is 21.5. The summed E-state index contributed by atoms with van der Waals surface area (Å²) < 4.78 is 13.5. The topological polar surface area (TPSA) is 72.9 Å². The molecule has 0 aromatic heterocycles. The fourth-order valence-corrected chi connectivity index (χ4v) is 3.87.